The first-order valence-corrected chi connectivity index (χ1v) is 4.80. The molecule has 1 aromatic heterocycles. The van der Waals surface area contributed by atoms with Gasteiger partial charge in [-0.25, -0.2) is 0 Å². The fourth-order valence-corrected chi connectivity index (χ4v) is 1.25. The molecule has 0 aliphatic heterocycles. The fourth-order valence-electron chi connectivity index (χ4n) is 1.25. The second kappa shape index (κ2) is 4.97. The molecule has 0 atom stereocenters. The summed E-state index contributed by atoms with van der Waals surface area (Å²) in [6, 6.07) is 0. The fraction of sp³-hybridized carbons (Fsp3) is 0.778. The van der Waals surface area contributed by atoms with Crippen molar-refractivity contribution in [3.05, 3.63) is 12.2 Å². The molecule has 0 aromatic carbocycles. The van der Waals surface area contributed by atoms with Crippen LogP contribution in [0, 0.1) is 5.92 Å². The van der Waals surface area contributed by atoms with E-state index in [1.165, 1.54) is 0 Å². The second-order valence-electron chi connectivity index (χ2n) is 3.68. The van der Waals surface area contributed by atoms with E-state index < -0.39 is 0 Å². The van der Waals surface area contributed by atoms with Gasteiger partial charge in [-0.05, 0) is 18.9 Å². The van der Waals surface area contributed by atoms with Crippen molar-refractivity contribution in [3.8, 4) is 0 Å². The highest BCUT2D eigenvalue weighted by molar-refractivity contribution is 4.86. The van der Waals surface area contributed by atoms with E-state index in [-0.39, 0.29) is 0 Å². The van der Waals surface area contributed by atoms with Crippen molar-refractivity contribution in [2.24, 2.45) is 11.7 Å². The van der Waals surface area contributed by atoms with Gasteiger partial charge in [0.2, 0.25) is 0 Å². The van der Waals surface area contributed by atoms with Gasteiger partial charge in [-0.3, -0.25) is 0 Å². The van der Waals surface area contributed by atoms with Crippen LogP contribution in [0.5, 0.6) is 0 Å². The minimum Gasteiger partial charge on any atom is -0.330 e. The van der Waals surface area contributed by atoms with Gasteiger partial charge in [0.1, 0.15) is 12.2 Å². The van der Waals surface area contributed by atoms with Crippen LogP contribution in [-0.2, 0) is 13.0 Å². The Morgan fingerprint density at radius 2 is 2.31 bits per heavy atom. The molecule has 1 heterocycles. The average Bonchev–Trinajstić information content (AvgIpc) is 2.48. The van der Waals surface area contributed by atoms with Gasteiger partial charge < -0.3 is 10.3 Å². The van der Waals surface area contributed by atoms with E-state index in [0.717, 1.165) is 31.8 Å². The second-order valence-corrected chi connectivity index (χ2v) is 3.68. The third kappa shape index (κ3) is 3.14. The molecule has 0 aliphatic rings. The van der Waals surface area contributed by atoms with Crippen molar-refractivity contribution in [3.63, 3.8) is 0 Å². The summed E-state index contributed by atoms with van der Waals surface area (Å²) in [5.74, 6) is 1.70. The van der Waals surface area contributed by atoms with Gasteiger partial charge >= 0.3 is 0 Å². The Balaban J connectivity index is 2.55. The Morgan fingerprint density at radius 1 is 1.54 bits per heavy atom. The molecule has 0 amide bonds. The van der Waals surface area contributed by atoms with E-state index >= 15 is 0 Å². The standard InChI is InChI=1S/C9H18N4/c1-8(2)6-9-12-11-7-13(9)5-3-4-10/h7-8H,3-6,10H2,1-2H3. The number of hydrogen-bond acceptors (Lipinski definition) is 3. The predicted molar refractivity (Wildman–Crippen MR) is 52.2 cm³/mol. The lowest BCUT2D eigenvalue weighted by Gasteiger charge is -2.06. The average molecular weight is 182 g/mol. The van der Waals surface area contributed by atoms with Crippen molar-refractivity contribution >= 4 is 0 Å². The first kappa shape index (κ1) is 10.2. The van der Waals surface area contributed by atoms with Crippen molar-refractivity contribution in [1.82, 2.24) is 14.8 Å². The third-order valence-corrected chi connectivity index (χ3v) is 1.89. The topological polar surface area (TPSA) is 56.7 Å². The summed E-state index contributed by atoms with van der Waals surface area (Å²) in [5, 5.41) is 7.98. The van der Waals surface area contributed by atoms with Gasteiger partial charge in [-0.15, -0.1) is 10.2 Å². The van der Waals surface area contributed by atoms with Crippen LogP contribution in [0.3, 0.4) is 0 Å². The highest BCUT2D eigenvalue weighted by Gasteiger charge is 2.05. The van der Waals surface area contributed by atoms with Crippen LogP contribution in [0.4, 0.5) is 0 Å². The van der Waals surface area contributed by atoms with E-state index in [1.54, 1.807) is 6.33 Å². The molecule has 0 saturated heterocycles. The summed E-state index contributed by atoms with van der Waals surface area (Å²) < 4.78 is 2.09. The first-order valence-electron chi connectivity index (χ1n) is 4.80. The van der Waals surface area contributed by atoms with Gasteiger partial charge in [-0.2, -0.15) is 0 Å². The number of nitrogens with zero attached hydrogens (tertiary/aromatic N) is 3. The highest BCUT2D eigenvalue weighted by atomic mass is 15.3. The maximum absolute atomic E-state index is 5.44. The first-order chi connectivity index (χ1) is 6.24. The van der Waals surface area contributed by atoms with Crippen molar-refractivity contribution in [2.45, 2.75) is 33.2 Å². The number of hydrogen-bond donors (Lipinski definition) is 1. The van der Waals surface area contributed by atoms with Gasteiger partial charge in [0.15, 0.2) is 0 Å². The molecule has 4 heteroatoms. The molecule has 2 N–H and O–H groups in total. The summed E-state index contributed by atoms with van der Waals surface area (Å²) in [4.78, 5) is 0. The van der Waals surface area contributed by atoms with Crippen LogP contribution >= 0.6 is 0 Å². The number of aromatic nitrogens is 3. The lowest BCUT2D eigenvalue weighted by Crippen LogP contribution is -2.09. The molecule has 13 heavy (non-hydrogen) atoms. The molecule has 0 bridgehead atoms. The lowest BCUT2D eigenvalue weighted by atomic mass is 10.1. The zero-order valence-corrected chi connectivity index (χ0v) is 8.40. The summed E-state index contributed by atoms with van der Waals surface area (Å²) in [6.07, 6.45) is 3.76. The Kier molecular flexibility index (Phi) is 3.89. The Labute approximate surface area is 79.2 Å². The quantitative estimate of drug-likeness (QED) is 0.733. The van der Waals surface area contributed by atoms with E-state index in [2.05, 4.69) is 28.6 Å². The van der Waals surface area contributed by atoms with Gasteiger partial charge in [0, 0.05) is 13.0 Å². The van der Waals surface area contributed by atoms with Crippen molar-refractivity contribution < 1.29 is 0 Å². The lowest BCUT2D eigenvalue weighted by molar-refractivity contribution is 0.559. The van der Waals surface area contributed by atoms with E-state index in [0.29, 0.717) is 5.92 Å². The zero-order chi connectivity index (χ0) is 9.68. The minimum atomic E-state index is 0.626. The monoisotopic (exact) mass is 182 g/mol. The van der Waals surface area contributed by atoms with Gasteiger partial charge in [0.25, 0.3) is 0 Å². The molecule has 4 nitrogen and oxygen atoms in total. The Hall–Kier alpha value is -0.900. The van der Waals surface area contributed by atoms with Crippen LogP contribution in [0.2, 0.25) is 0 Å². The van der Waals surface area contributed by atoms with E-state index in [1.807, 2.05) is 0 Å². The molecule has 0 fully saturated rings. The molecule has 74 valence electrons. The van der Waals surface area contributed by atoms with Crippen LogP contribution in [0.25, 0.3) is 0 Å². The molecule has 1 aromatic rings. The minimum absolute atomic E-state index is 0.626. The number of aryl methyl sites for hydroxylation is 1. The maximum Gasteiger partial charge on any atom is 0.133 e. The molecular weight excluding hydrogens is 164 g/mol. The van der Waals surface area contributed by atoms with Crippen molar-refractivity contribution in [1.29, 1.82) is 0 Å². The predicted octanol–water partition coefficient (Wildman–Crippen LogP) is 0.825. The Bertz CT molecular complexity index is 242. The third-order valence-electron chi connectivity index (χ3n) is 1.89. The number of rotatable bonds is 5. The summed E-state index contributed by atoms with van der Waals surface area (Å²) in [5.41, 5.74) is 5.44. The molecule has 0 aliphatic carbocycles. The molecule has 0 radical (unpaired) electrons. The molecule has 1 rings (SSSR count). The van der Waals surface area contributed by atoms with Gasteiger partial charge in [-0.1, -0.05) is 13.8 Å². The van der Waals surface area contributed by atoms with E-state index in [4.69, 9.17) is 5.73 Å². The van der Waals surface area contributed by atoms with Crippen LogP contribution in [-0.4, -0.2) is 21.3 Å². The van der Waals surface area contributed by atoms with Crippen molar-refractivity contribution in [2.75, 3.05) is 6.54 Å². The van der Waals surface area contributed by atoms with Gasteiger partial charge in [0.05, 0.1) is 0 Å². The molecule has 0 spiro atoms. The largest absolute Gasteiger partial charge is 0.330 e. The smallest absolute Gasteiger partial charge is 0.133 e. The zero-order valence-electron chi connectivity index (χ0n) is 8.40. The summed E-state index contributed by atoms with van der Waals surface area (Å²) in [7, 11) is 0. The van der Waals surface area contributed by atoms with Crippen LogP contribution in [0.1, 0.15) is 26.1 Å². The molecular formula is C9H18N4. The number of nitrogens with two attached hydrogens (primary N) is 1. The highest BCUT2D eigenvalue weighted by Crippen LogP contribution is 2.04. The summed E-state index contributed by atoms with van der Waals surface area (Å²) >= 11 is 0. The summed E-state index contributed by atoms with van der Waals surface area (Å²) in [6.45, 7) is 6.02. The maximum atomic E-state index is 5.44. The normalized spacial score (nSPS) is 11.1. The molecule has 0 saturated carbocycles. The Morgan fingerprint density at radius 3 is 2.92 bits per heavy atom. The molecule has 0 unspecified atom stereocenters. The van der Waals surface area contributed by atoms with E-state index in [9.17, 15) is 0 Å². The SMILES string of the molecule is CC(C)Cc1nncn1CCCN. The van der Waals surface area contributed by atoms with Crippen LogP contribution in [0.15, 0.2) is 6.33 Å². The van der Waals surface area contributed by atoms with Crippen LogP contribution < -0.4 is 5.73 Å².